The Hall–Kier alpha value is -2.29. The Balaban J connectivity index is 0.00000320. The number of carbonyl (C=O) groups is 1. The van der Waals surface area contributed by atoms with Crippen LogP contribution >= 0.6 is 23.2 Å². The van der Waals surface area contributed by atoms with Crippen LogP contribution in [0.1, 0.15) is 34.0 Å². The Morgan fingerprint density at radius 1 is 1.17 bits per heavy atom. The smallest absolute Gasteiger partial charge is 0.436 e. The van der Waals surface area contributed by atoms with E-state index in [0.29, 0.717) is 16.7 Å². The molecule has 0 bridgehead atoms. The molecule has 0 aromatic heterocycles. The molecule has 3 rings (SSSR count). The molecular weight excluding hydrogens is 444 g/mol. The van der Waals surface area contributed by atoms with Crippen molar-refractivity contribution in [1.29, 1.82) is 0 Å². The predicted octanol–water partition coefficient (Wildman–Crippen LogP) is 6.08. The minimum Gasteiger partial charge on any atom is -0.465 e. The lowest BCUT2D eigenvalue weighted by Gasteiger charge is -2.34. The fourth-order valence-electron chi connectivity index (χ4n) is 3.47. The molecule has 0 fully saturated rings. The van der Waals surface area contributed by atoms with Crippen LogP contribution in [0.2, 0.25) is 10.0 Å². The summed E-state index contributed by atoms with van der Waals surface area (Å²) in [5, 5.41) is 3.88. The molecule has 0 saturated carbocycles. The third kappa shape index (κ3) is 3.87. The summed E-state index contributed by atoms with van der Waals surface area (Å²) in [4.78, 5) is 16.8. The molecule has 30 heavy (non-hydrogen) atoms. The van der Waals surface area contributed by atoms with Gasteiger partial charge in [0.15, 0.2) is 0 Å². The Labute approximate surface area is 181 Å². The van der Waals surface area contributed by atoms with Crippen LogP contribution in [-0.4, -0.2) is 25.0 Å². The summed E-state index contributed by atoms with van der Waals surface area (Å²) in [6.07, 6.45) is -4.80. The Kier molecular flexibility index (Phi) is 6.76. The molecule has 1 aliphatic heterocycles. The van der Waals surface area contributed by atoms with Gasteiger partial charge in [0.25, 0.3) is 5.60 Å². The van der Waals surface area contributed by atoms with Crippen molar-refractivity contribution in [3.8, 4) is 0 Å². The zero-order chi connectivity index (χ0) is 21.6. The molecule has 0 spiro atoms. The van der Waals surface area contributed by atoms with Gasteiger partial charge in [-0.2, -0.15) is 13.2 Å². The first-order valence-electron chi connectivity index (χ1n) is 8.50. The molecule has 2 unspecified atom stereocenters. The molecule has 10 heteroatoms. The largest absolute Gasteiger partial charge is 0.465 e. The van der Waals surface area contributed by atoms with Gasteiger partial charge in [-0.05, 0) is 42.8 Å². The molecule has 2 atom stereocenters. The maximum absolute atomic E-state index is 14.3. The van der Waals surface area contributed by atoms with E-state index < -0.39 is 23.7 Å². The second-order valence-corrected chi connectivity index (χ2v) is 7.58. The van der Waals surface area contributed by atoms with Crippen molar-refractivity contribution in [3.63, 3.8) is 0 Å². The number of nitrogens with zero attached hydrogens (tertiary/aromatic N) is 1. The van der Waals surface area contributed by atoms with E-state index in [0.717, 1.165) is 0 Å². The van der Waals surface area contributed by atoms with Crippen LogP contribution in [0.15, 0.2) is 41.6 Å². The number of carbonyl (C=O) groups excluding carboxylic acids is 1. The summed E-state index contributed by atoms with van der Waals surface area (Å²) >= 11 is 11.9. The van der Waals surface area contributed by atoms with Crippen molar-refractivity contribution in [2.24, 2.45) is 11.1 Å². The van der Waals surface area contributed by atoms with Crippen LogP contribution in [0.4, 0.5) is 13.2 Å². The normalized spacial score (nSPS) is 20.8. The third-order valence-corrected chi connectivity index (χ3v) is 5.38. The Morgan fingerprint density at radius 3 is 2.27 bits per heavy atom. The van der Waals surface area contributed by atoms with Crippen LogP contribution in [-0.2, 0) is 15.2 Å². The first-order valence-corrected chi connectivity index (χ1v) is 9.25. The number of hydrogen-bond donors (Lipinski definition) is 1. The zero-order valence-electron chi connectivity index (χ0n) is 16.3. The zero-order valence-corrected chi connectivity index (χ0v) is 17.8. The first kappa shape index (κ1) is 24.0. The van der Waals surface area contributed by atoms with Crippen molar-refractivity contribution < 1.29 is 27.5 Å². The summed E-state index contributed by atoms with van der Waals surface area (Å²) in [5.74, 6) is -1.75. The fourth-order valence-corrected chi connectivity index (χ4v) is 3.99. The van der Waals surface area contributed by atoms with E-state index in [-0.39, 0.29) is 27.5 Å². The van der Waals surface area contributed by atoms with Crippen molar-refractivity contribution in [2.45, 2.75) is 25.6 Å². The van der Waals surface area contributed by atoms with Gasteiger partial charge >= 0.3 is 12.1 Å². The quantitative estimate of drug-likeness (QED) is 0.560. The molecule has 0 aliphatic carbocycles. The molecule has 3 N–H and O–H groups in total. The maximum atomic E-state index is 14.3. The second kappa shape index (κ2) is 8.45. The summed E-state index contributed by atoms with van der Waals surface area (Å²) < 4.78 is 47.5. The Morgan fingerprint density at radius 2 is 1.77 bits per heavy atom. The van der Waals surface area contributed by atoms with Crippen LogP contribution in [0.5, 0.6) is 0 Å². The highest BCUT2D eigenvalue weighted by Gasteiger charge is 2.66. The lowest BCUT2D eigenvalue weighted by atomic mass is 9.77. The van der Waals surface area contributed by atoms with Gasteiger partial charge in [-0.15, -0.1) is 0 Å². The van der Waals surface area contributed by atoms with Gasteiger partial charge in [0, 0.05) is 21.2 Å². The third-order valence-electron chi connectivity index (χ3n) is 4.95. The molecule has 2 aromatic carbocycles. The highest BCUT2D eigenvalue weighted by atomic mass is 35.5. The monoisotopic (exact) mass is 462 g/mol. The molecule has 0 radical (unpaired) electrons. The van der Waals surface area contributed by atoms with E-state index in [1.54, 1.807) is 13.0 Å². The van der Waals surface area contributed by atoms with Gasteiger partial charge in [-0.3, -0.25) is 0 Å². The number of aryl methyl sites for hydroxylation is 1. The molecule has 0 amide bonds. The van der Waals surface area contributed by atoms with Gasteiger partial charge in [-0.25, -0.2) is 4.79 Å². The van der Waals surface area contributed by atoms with Crippen LogP contribution in [0.3, 0.4) is 0 Å². The first-order chi connectivity index (χ1) is 13.5. The fraction of sp³-hybridized carbons (Fsp3) is 0.300. The van der Waals surface area contributed by atoms with Crippen molar-refractivity contribution >= 4 is 34.9 Å². The standard InChI is InChI=1S/C20H16Cl2F3NO3.H3N/c1-10-6-12(4-5-16(10)18(27)28-3)17-11(2)19(29-26-17,20(23,24)25)13-7-14(21)9-15(22)8-13;/h4-9,11H,1-3H3;1H3. The summed E-state index contributed by atoms with van der Waals surface area (Å²) in [6, 6.07) is 8.24. The highest BCUT2D eigenvalue weighted by Crippen LogP contribution is 2.52. The van der Waals surface area contributed by atoms with E-state index in [4.69, 9.17) is 32.8 Å². The van der Waals surface area contributed by atoms with Crippen molar-refractivity contribution in [1.82, 2.24) is 6.15 Å². The topological polar surface area (TPSA) is 82.9 Å². The number of halogens is 5. The number of hydrogen-bond acceptors (Lipinski definition) is 5. The van der Waals surface area contributed by atoms with E-state index in [1.165, 1.54) is 44.4 Å². The van der Waals surface area contributed by atoms with Crippen molar-refractivity contribution in [2.75, 3.05) is 7.11 Å². The number of benzene rings is 2. The predicted molar refractivity (Wildman–Crippen MR) is 109 cm³/mol. The van der Waals surface area contributed by atoms with Gasteiger partial charge in [0.05, 0.1) is 24.3 Å². The van der Waals surface area contributed by atoms with Gasteiger partial charge < -0.3 is 15.7 Å². The average Bonchev–Trinajstić information content (AvgIpc) is 2.98. The minimum absolute atomic E-state index is 0. The molecule has 2 aromatic rings. The van der Waals surface area contributed by atoms with Crippen LogP contribution < -0.4 is 6.15 Å². The number of rotatable bonds is 3. The maximum Gasteiger partial charge on any atom is 0.436 e. The summed E-state index contributed by atoms with van der Waals surface area (Å²) in [7, 11) is 1.25. The lowest BCUT2D eigenvalue weighted by Crippen LogP contribution is -2.48. The molecule has 162 valence electrons. The molecule has 0 saturated heterocycles. The minimum atomic E-state index is -4.80. The SMILES string of the molecule is COC(=O)c1ccc(C2=NOC(c3cc(Cl)cc(Cl)c3)(C(F)(F)F)C2C)cc1C.N. The summed E-state index contributed by atoms with van der Waals surface area (Å²) in [5.41, 5.74) is -1.63. The number of oxime groups is 1. The molecular formula is C20H19Cl2F3N2O3. The Bertz CT molecular complexity index is 991. The summed E-state index contributed by atoms with van der Waals surface area (Å²) in [6.45, 7) is 3.03. The molecule has 1 aliphatic rings. The highest BCUT2D eigenvalue weighted by molar-refractivity contribution is 6.34. The van der Waals surface area contributed by atoms with Gasteiger partial charge in [0.2, 0.25) is 0 Å². The lowest BCUT2D eigenvalue weighted by molar-refractivity contribution is -0.287. The van der Waals surface area contributed by atoms with E-state index in [9.17, 15) is 18.0 Å². The second-order valence-electron chi connectivity index (χ2n) is 6.70. The molecule has 5 nitrogen and oxygen atoms in total. The van der Waals surface area contributed by atoms with E-state index in [1.807, 2.05) is 0 Å². The number of methoxy groups -OCH3 is 1. The number of esters is 1. The van der Waals surface area contributed by atoms with Crippen molar-refractivity contribution in [3.05, 3.63) is 68.7 Å². The van der Waals surface area contributed by atoms with Crippen LogP contribution in [0, 0.1) is 12.8 Å². The average molecular weight is 463 g/mol. The van der Waals surface area contributed by atoms with Gasteiger partial charge in [-0.1, -0.05) is 41.3 Å². The number of alkyl halides is 3. The van der Waals surface area contributed by atoms with E-state index in [2.05, 4.69) is 5.16 Å². The van der Waals surface area contributed by atoms with Gasteiger partial charge in [0.1, 0.15) is 0 Å². The number of ether oxygens (including phenoxy) is 1. The van der Waals surface area contributed by atoms with E-state index >= 15 is 0 Å². The van der Waals surface area contributed by atoms with Crippen LogP contribution in [0.25, 0.3) is 0 Å². The molecule has 1 heterocycles.